The molecule has 0 unspecified atom stereocenters. The summed E-state index contributed by atoms with van der Waals surface area (Å²) in [5, 5.41) is 5.73. The Bertz CT molecular complexity index is 212. The van der Waals surface area contributed by atoms with Gasteiger partial charge in [0.05, 0.1) is 6.42 Å². The van der Waals surface area contributed by atoms with Crippen LogP contribution in [0.15, 0.2) is 0 Å². The molecule has 1 rings (SSSR count). The van der Waals surface area contributed by atoms with Crippen LogP contribution in [0, 0.1) is 0 Å². The second kappa shape index (κ2) is 5.34. The first-order valence-corrected chi connectivity index (χ1v) is 5.04. The van der Waals surface area contributed by atoms with Crippen LogP contribution in [0.1, 0.15) is 25.7 Å². The summed E-state index contributed by atoms with van der Waals surface area (Å²) in [6, 6.07) is 0.0342. The van der Waals surface area contributed by atoms with Crippen LogP contribution in [0.2, 0.25) is 0 Å². The molecule has 15 heavy (non-hydrogen) atoms. The maximum Gasteiger partial charge on any atom is 0.389 e. The highest BCUT2D eigenvalue weighted by Gasteiger charge is 2.28. The number of carbonyl (C=O) groups is 1. The molecule has 1 aliphatic heterocycles. The molecule has 1 amide bonds. The fourth-order valence-corrected chi connectivity index (χ4v) is 1.52. The highest BCUT2D eigenvalue weighted by atomic mass is 19.4. The summed E-state index contributed by atoms with van der Waals surface area (Å²) in [4.78, 5) is 11.1. The van der Waals surface area contributed by atoms with E-state index in [4.69, 9.17) is 0 Å². The molecule has 0 spiro atoms. The molecule has 1 saturated heterocycles. The molecular weight excluding hydrogens is 209 g/mol. The van der Waals surface area contributed by atoms with Crippen molar-refractivity contribution in [2.75, 3.05) is 13.1 Å². The lowest BCUT2D eigenvalue weighted by Crippen LogP contribution is -2.42. The van der Waals surface area contributed by atoms with Gasteiger partial charge < -0.3 is 10.6 Å². The van der Waals surface area contributed by atoms with E-state index in [9.17, 15) is 18.0 Å². The van der Waals surface area contributed by atoms with Crippen molar-refractivity contribution >= 4 is 5.91 Å². The molecule has 0 bridgehead atoms. The summed E-state index contributed by atoms with van der Waals surface area (Å²) in [6.07, 6.45) is -4.17. The number of alkyl halides is 3. The van der Waals surface area contributed by atoms with Crippen LogP contribution in [-0.4, -0.2) is 31.2 Å². The fraction of sp³-hybridized carbons (Fsp3) is 0.889. The van der Waals surface area contributed by atoms with E-state index < -0.39 is 24.9 Å². The molecule has 0 aromatic rings. The number of hydrogen-bond acceptors (Lipinski definition) is 2. The molecule has 0 aliphatic carbocycles. The summed E-state index contributed by atoms with van der Waals surface area (Å²) in [5.74, 6) is -0.501. The Hall–Kier alpha value is -0.780. The minimum atomic E-state index is -4.24. The zero-order chi connectivity index (χ0) is 11.3. The summed E-state index contributed by atoms with van der Waals surface area (Å²) in [7, 11) is 0. The number of nitrogens with one attached hydrogen (secondary N) is 2. The number of amides is 1. The van der Waals surface area contributed by atoms with Crippen molar-refractivity contribution in [2.24, 2.45) is 0 Å². The first-order valence-electron chi connectivity index (χ1n) is 5.04. The molecular formula is C9H15F3N2O. The van der Waals surface area contributed by atoms with Crippen molar-refractivity contribution in [1.82, 2.24) is 10.6 Å². The van der Waals surface area contributed by atoms with Gasteiger partial charge in [-0.25, -0.2) is 0 Å². The van der Waals surface area contributed by atoms with Crippen molar-refractivity contribution in [3.63, 3.8) is 0 Å². The van der Waals surface area contributed by atoms with Gasteiger partial charge in [-0.1, -0.05) is 0 Å². The number of carbonyl (C=O) groups excluding carboxylic acids is 1. The molecule has 1 fully saturated rings. The van der Waals surface area contributed by atoms with Crippen LogP contribution >= 0.6 is 0 Å². The Labute approximate surface area is 86.4 Å². The van der Waals surface area contributed by atoms with E-state index in [-0.39, 0.29) is 6.04 Å². The van der Waals surface area contributed by atoms with Crippen LogP contribution in [0.3, 0.4) is 0 Å². The second-order valence-corrected chi connectivity index (χ2v) is 3.71. The molecule has 0 atom stereocenters. The lowest BCUT2D eigenvalue weighted by atomic mass is 10.1. The van der Waals surface area contributed by atoms with Gasteiger partial charge in [0.25, 0.3) is 0 Å². The minimum Gasteiger partial charge on any atom is -0.353 e. The van der Waals surface area contributed by atoms with Crippen LogP contribution in [0.25, 0.3) is 0 Å². The van der Waals surface area contributed by atoms with Gasteiger partial charge in [0.2, 0.25) is 5.91 Å². The van der Waals surface area contributed by atoms with Gasteiger partial charge in [-0.3, -0.25) is 4.79 Å². The van der Waals surface area contributed by atoms with E-state index in [0.717, 1.165) is 25.9 Å². The fourth-order valence-electron chi connectivity index (χ4n) is 1.52. The first-order chi connectivity index (χ1) is 6.97. The van der Waals surface area contributed by atoms with Gasteiger partial charge in [-0.2, -0.15) is 13.2 Å². The van der Waals surface area contributed by atoms with Gasteiger partial charge in [-0.15, -0.1) is 0 Å². The maximum atomic E-state index is 11.8. The van der Waals surface area contributed by atoms with Crippen LogP contribution in [0.4, 0.5) is 13.2 Å². The Morgan fingerprint density at radius 3 is 2.47 bits per heavy atom. The van der Waals surface area contributed by atoms with Gasteiger partial charge >= 0.3 is 6.18 Å². The van der Waals surface area contributed by atoms with Crippen molar-refractivity contribution < 1.29 is 18.0 Å². The van der Waals surface area contributed by atoms with Crippen molar-refractivity contribution in [3.8, 4) is 0 Å². The minimum absolute atomic E-state index is 0.0342. The van der Waals surface area contributed by atoms with Crippen LogP contribution in [0.5, 0.6) is 0 Å². The standard InChI is InChI=1S/C9H15F3N2O/c10-9(11,12)4-1-8(15)14-7-2-5-13-6-3-7/h7,13H,1-6H2,(H,14,15). The topological polar surface area (TPSA) is 41.1 Å². The van der Waals surface area contributed by atoms with E-state index in [0.29, 0.717) is 0 Å². The van der Waals surface area contributed by atoms with Gasteiger partial charge in [0.1, 0.15) is 0 Å². The number of hydrogen-bond donors (Lipinski definition) is 2. The quantitative estimate of drug-likeness (QED) is 0.756. The Morgan fingerprint density at radius 1 is 1.33 bits per heavy atom. The zero-order valence-corrected chi connectivity index (χ0v) is 8.36. The van der Waals surface area contributed by atoms with Crippen molar-refractivity contribution in [3.05, 3.63) is 0 Å². The third kappa shape index (κ3) is 5.61. The predicted octanol–water partition coefficient (Wildman–Crippen LogP) is 1.20. The van der Waals surface area contributed by atoms with E-state index in [1.165, 1.54) is 0 Å². The number of halogens is 3. The predicted molar refractivity (Wildman–Crippen MR) is 49.3 cm³/mol. The van der Waals surface area contributed by atoms with Crippen molar-refractivity contribution in [1.29, 1.82) is 0 Å². The third-order valence-corrected chi connectivity index (χ3v) is 2.34. The first kappa shape index (κ1) is 12.3. The number of rotatable bonds is 3. The smallest absolute Gasteiger partial charge is 0.353 e. The largest absolute Gasteiger partial charge is 0.389 e. The van der Waals surface area contributed by atoms with E-state index >= 15 is 0 Å². The highest BCUT2D eigenvalue weighted by Crippen LogP contribution is 2.21. The lowest BCUT2D eigenvalue weighted by molar-refractivity contribution is -0.144. The highest BCUT2D eigenvalue weighted by molar-refractivity contribution is 5.76. The average Bonchev–Trinajstić information content (AvgIpc) is 2.15. The molecule has 0 saturated carbocycles. The molecule has 1 heterocycles. The molecule has 0 aromatic heterocycles. The Balaban J connectivity index is 2.17. The van der Waals surface area contributed by atoms with Gasteiger partial charge in [-0.05, 0) is 25.9 Å². The normalized spacial score (nSPS) is 18.9. The molecule has 0 radical (unpaired) electrons. The lowest BCUT2D eigenvalue weighted by Gasteiger charge is -2.23. The van der Waals surface area contributed by atoms with Gasteiger partial charge in [0, 0.05) is 12.5 Å². The van der Waals surface area contributed by atoms with Gasteiger partial charge in [0.15, 0.2) is 0 Å². The van der Waals surface area contributed by atoms with E-state index in [1.807, 2.05) is 0 Å². The molecule has 6 heteroatoms. The summed E-state index contributed by atoms with van der Waals surface area (Å²) < 4.78 is 35.4. The van der Waals surface area contributed by atoms with E-state index in [2.05, 4.69) is 10.6 Å². The van der Waals surface area contributed by atoms with Crippen LogP contribution in [-0.2, 0) is 4.79 Å². The molecule has 1 aliphatic rings. The SMILES string of the molecule is O=C(CCC(F)(F)F)NC1CCNCC1. The zero-order valence-electron chi connectivity index (χ0n) is 8.36. The average molecular weight is 224 g/mol. The Morgan fingerprint density at radius 2 is 1.93 bits per heavy atom. The summed E-state index contributed by atoms with van der Waals surface area (Å²) in [5.41, 5.74) is 0. The van der Waals surface area contributed by atoms with E-state index in [1.54, 1.807) is 0 Å². The summed E-state index contributed by atoms with van der Waals surface area (Å²) >= 11 is 0. The van der Waals surface area contributed by atoms with Crippen LogP contribution < -0.4 is 10.6 Å². The molecule has 2 N–H and O–H groups in total. The molecule has 88 valence electrons. The van der Waals surface area contributed by atoms with Crippen molar-refractivity contribution in [2.45, 2.75) is 37.9 Å². The Kier molecular flexibility index (Phi) is 4.38. The maximum absolute atomic E-state index is 11.8. The monoisotopic (exact) mass is 224 g/mol. The molecule has 0 aromatic carbocycles. The molecule has 3 nitrogen and oxygen atoms in total. The second-order valence-electron chi connectivity index (χ2n) is 3.71. The third-order valence-electron chi connectivity index (χ3n) is 2.34. The summed E-state index contributed by atoms with van der Waals surface area (Å²) in [6.45, 7) is 1.62. The number of piperidine rings is 1.